The second-order valence-corrected chi connectivity index (χ2v) is 2.85. The Balaban J connectivity index is 3.61. The van der Waals surface area contributed by atoms with Crippen LogP contribution < -0.4 is 5.73 Å². The van der Waals surface area contributed by atoms with Crippen molar-refractivity contribution in [2.75, 3.05) is 6.54 Å². The summed E-state index contributed by atoms with van der Waals surface area (Å²) in [6.45, 7) is 4.48. The maximum absolute atomic E-state index is 11.0. The minimum atomic E-state index is -0.169. The number of ether oxygens (including phenoxy) is 1. The molecule has 12 heavy (non-hydrogen) atoms. The molecule has 0 saturated heterocycles. The summed E-state index contributed by atoms with van der Waals surface area (Å²) in [5.74, 6) is -0.169. The number of esters is 1. The molecule has 0 rings (SSSR count). The van der Waals surface area contributed by atoms with Crippen molar-refractivity contribution in [3.63, 3.8) is 0 Å². The molecule has 0 fully saturated rings. The molecule has 0 aromatic heterocycles. The predicted molar refractivity (Wildman–Crippen MR) is 48.8 cm³/mol. The molecule has 3 nitrogen and oxygen atoms in total. The highest BCUT2D eigenvalue weighted by Crippen LogP contribution is 2.06. The van der Waals surface area contributed by atoms with Gasteiger partial charge in [-0.2, -0.15) is 0 Å². The summed E-state index contributed by atoms with van der Waals surface area (Å²) in [5.41, 5.74) is 5.22. The Hall–Kier alpha value is -0.570. The molecule has 0 aliphatic heterocycles. The molecule has 0 amide bonds. The molecule has 3 heteroatoms. The van der Waals surface area contributed by atoms with Gasteiger partial charge in [0.2, 0.25) is 0 Å². The van der Waals surface area contributed by atoms with Gasteiger partial charge in [0.15, 0.2) is 0 Å². The third-order valence-electron chi connectivity index (χ3n) is 1.71. The fourth-order valence-corrected chi connectivity index (χ4v) is 1.03. The Morgan fingerprint density at radius 2 is 2.17 bits per heavy atom. The van der Waals surface area contributed by atoms with Crippen LogP contribution in [0.1, 0.15) is 39.5 Å². The molecule has 0 aliphatic rings. The van der Waals surface area contributed by atoms with Gasteiger partial charge >= 0.3 is 5.97 Å². The minimum Gasteiger partial charge on any atom is -0.462 e. The lowest BCUT2D eigenvalue weighted by molar-refractivity contribution is -0.149. The van der Waals surface area contributed by atoms with Gasteiger partial charge in [0, 0.05) is 6.54 Å². The van der Waals surface area contributed by atoms with Crippen molar-refractivity contribution < 1.29 is 9.53 Å². The van der Waals surface area contributed by atoms with Crippen molar-refractivity contribution in [1.29, 1.82) is 0 Å². The molecule has 0 aliphatic carbocycles. The molecule has 1 unspecified atom stereocenters. The van der Waals surface area contributed by atoms with E-state index < -0.39 is 0 Å². The number of nitrogens with two attached hydrogens (primary N) is 1. The van der Waals surface area contributed by atoms with Crippen molar-refractivity contribution in [3.05, 3.63) is 0 Å². The van der Waals surface area contributed by atoms with Gasteiger partial charge in [-0.3, -0.25) is 4.79 Å². The fourth-order valence-electron chi connectivity index (χ4n) is 1.03. The summed E-state index contributed by atoms with van der Waals surface area (Å²) in [5, 5.41) is 0. The van der Waals surface area contributed by atoms with Crippen LogP contribution in [0, 0.1) is 0 Å². The molecule has 0 bridgehead atoms. The smallest absolute Gasteiger partial charge is 0.307 e. The average molecular weight is 173 g/mol. The third kappa shape index (κ3) is 5.13. The Morgan fingerprint density at radius 3 is 2.58 bits per heavy atom. The number of rotatable bonds is 6. The fraction of sp³-hybridized carbons (Fsp3) is 0.889. The van der Waals surface area contributed by atoms with Crippen molar-refractivity contribution >= 4 is 5.97 Å². The topological polar surface area (TPSA) is 52.3 Å². The van der Waals surface area contributed by atoms with Gasteiger partial charge < -0.3 is 10.5 Å². The van der Waals surface area contributed by atoms with E-state index in [9.17, 15) is 4.79 Å². The van der Waals surface area contributed by atoms with Crippen molar-refractivity contribution in [2.24, 2.45) is 5.73 Å². The Bertz CT molecular complexity index is 126. The van der Waals surface area contributed by atoms with Gasteiger partial charge in [-0.15, -0.1) is 0 Å². The lowest BCUT2D eigenvalue weighted by Crippen LogP contribution is -2.19. The standard InChI is InChI=1S/C9H19NO2/c1-3-5-8(4-2)12-9(11)6-7-10/h8H,3-7,10H2,1-2H3. The summed E-state index contributed by atoms with van der Waals surface area (Å²) in [4.78, 5) is 11.0. The molecule has 1 atom stereocenters. The third-order valence-corrected chi connectivity index (χ3v) is 1.71. The first-order valence-electron chi connectivity index (χ1n) is 4.64. The normalized spacial score (nSPS) is 12.6. The SMILES string of the molecule is CCCC(CC)OC(=O)CCN. The first-order valence-corrected chi connectivity index (χ1v) is 4.64. The van der Waals surface area contributed by atoms with Gasteiger partial charge in [0.25, 0.3) is 0 Å². The van der Waals surface area contributed by atoms with E-state index in [2.05, 4.69) is 6.92 Å². The van der Waals surface area contributed by atoms with Crippen molar-refractivity contribution in [1.82, 2.24) is 0 Å². The number of hydrogen-bond donors (Lipinski definition) is 1. The van der Waals surface area contributed by atoms with Crippen LogP contribution in [0.5, 0.6) is 0 Å². The molecular formula is C9H19NO2. The van der Waals surface area contributed by atoms with Crippen molar-refractivity contribution in [2.45, 2.75) is 45.6 Å². The van der Waals surface area contributed by atoms with Crippen LogP contribution in [0.15, 0.2) is 0 Å². The Kier molecular flexibility index (Phi) is 6.76. The molecular weight excluding hydrogens is 154 g/mol. The second-order valence-electron chi connectivity index (χ2n) is 2.85. The second kappa shape index (κ2) is 7.10. The summed E-state index contributed by atoms with van der Waals surface area (Å²) >= 11 is 0. The maximum atomic E-state index is 11.0. The van der Waals surface area contributed by atoms with E-state index >= 15 is 0 Å². The number of carbonyl (C=O) groups is 1. The zero-order chi connectivity index (χ0) is 9.40. The maximum Gasteiger partial charge on any atom is 0.307 e. The van der Waals surface area contributed by atoms with E-state index in [-0.39, 0.29) is 12.1 Å². The van der Waals surface area contributed by atoms with E-state index in [0.717, 1.165) is 19.3 Å². The Labute approximate surface area is 74.3 Å². The highest BCUT2D eigenvalue weighted by molar-refractivity contribution is 5.69. The molecule has 0 radical (unpaired) electrons. The first kappa shape index (κ1) is 11.4. The number of hydrogen-bond acceptors (Lipinski definition) is 3. The summed E-state index contributed by atoms with van der Waals surface area (Å²) in [7, 11) is 0. The molecule has 0 aromatic carbocycles. The van der Waals surface area contributed by atoms with Crippen LogP contribution in [0.2, 0.25) is 0 Å². The molecule has 0 heterocycles. The largest absolute Gasteiger partial charge is 0.462 e. The van der Waals surface area contributed by atoms with E-state index in [1.807, 2.05) is 6.92 Å². The van der Waals surface area contributed by atoms with Crippen LogP contribution >= 0.6 is 0 Å². The summed E-state index contributed by atoms with van der Waals surface area (Å²) < 4.78 is 5.16. The van der Waals surface area contributed by atoms with Gasteiger partial charge in [0.05, 0.1) is 6.42 Å². The van der Waals surface area contributed by atoms with E-state index in [0.29, 0.717) is 13.0 Å². The molecule has 2 N–H and O–H groups in total. The molecule has 0 saturated carbocycles. The highest BCUT2D eigenvalue weighted by atomic mass is 16.5. The zero-order valence-corrected chi connectivity index (χ0v) is 8.01. The van der Waals surface area contributed by atoms with Gasteiger partial charge in [-0.1, -0.05) is 20.3 Å². The molecule has 72 valence electrons. The first-order chi connectivity index (χ1) is 5.74. The van der Waals surface area contributed by atoms with E-state index in [4.69, 9.17) is 10.5 Å². The van der Waals surface area contributed by atoms with Crippen LogP contribution in [0.3, 0.4) is 0 Å². The van der Waals surface area contributed by atoms with Gasteiger partial charge in [-0.05, 0) is 12.8 Å². The van der Waals surface area contributed by atoms with E-state index in [1.54, 1.807) is 0 Å². The van der Waals surface area contributed by atoms with Crippen LogP contribution in [-0.2, 0) is 9.53 Å². The van der Waals surface area contributed by atoms with E-state index in [1.165, 1.54) is 0 Å². The van der Waals surface area contributed by atoms with Gasteiger partial charge in [0.1, 0.15) is 6.10 Å². The minimum absolute atomic E-state index is 0.0917. The van der Waals surface area contributed by atoms with Gasteiger partial charge in [-0.25, -0.2) is 0 Å². The quantitative estimate of drug-likeness (QED) is 0.619. The monoisotopic (exact) mass is 173 g/mol. The molecule has 0 aromatic rings. The lowest BCUT2D eigenvalue weighted by Gasteiger charge is -2.14. The van der Waals surface area contributed by atoms with Crippen LogP contribution in [-0.4, -0.2) is 18.6 Å². The highest BCUT2D eigenvalue weighted by Gasteiger charge is 2.09. The summed E-state index contributed by atoms with van der Waals surface area (Å²) in [6, 6.07) is 0. The molecule has 0 spiro atoms. The summed E-state index contributed by atoms with van der Waals surface area (Å²) in [6.07, 6.45) is 3.32. The van der Waals surface area contributed by atoms with Crippen LogP contribution in [0.4, 0.5) is 0 Å². The predicted octanol–water partition coefficient (Wildman–Crippen LogP) is 1.46. The Morgan fingerprint density at radius 1 is 1.50 bits per heavy atom. The van der Waals surface area contributed by atoms with Crippen LogP contribution in [0.25, 0.3) is 0 Å². The lowest BCUT2D eigenvalue weighted by atomic mass is 10.1. The van der Waals surface area contributed by atoms with Crippen molar-refractivity contribution in [3.8, 4) is 0 Å². The average Bonchev–Trinajstić information content (AvgIpc) is 2.04. The zero-order valence-electron chi connectivity index (χ0n) is 8.01. The number of carbonyl (C=O) groups excluding carboxylic acids is 1.